The van der Waals surface area contributed by atoms with Crippen LogP contribution in [0.25, 0.3) is 0 Å². The van der Waals surface area contributed by atoms with Crippen molar-refractivity contribution in [1.82, 2.24) is 0 Å². The van der Waals surface area contributed by atoms with E-state index in [2.05, 4.69) is 0 Å². The van der Waals surface area contributed by atoms with E-state index in [-0.39, 0.29) is 12.5 Å². The number of hydrogen-bond acceptors (Lipinski definition) is 3. The van der Waals surface area contributed by atoms with Crippen molar-refractivity contribution in [3.05, 3.63) is 24.0 Å². The molecule has 0 radical (unpaired) electrons. The second-order valence-corrected chi connectivity index (χ2v) is 3.83. The zero-order chi connectivity index (χ0) is 9.47. The predicted octanol–water partition coefficient (Wildman–Crippen LogP) is 0.794. The first-order chi connectivity index (χ1) is 6.19. The minimum absolute atomic E-state index is 0.00125. The van der Waals surface area contributed by atoms with Gasteiger partial charge >= 0.3 is 0 Å². The van der Waals surface area contributed by atoms with Crippen LogP contribution in [-0.2, 0) is 4.74 Å². The van der Waals surface area contributed by atoms with Gasteiger partial charge in [-0.2, -0.15) is 0 Å². The molecule has 1 heterocycles. The number of aliphatic hydroxyl groups excluding tert-OH is 2. The van der Waals surface area contributed by atoms with Gasteiger partial charge in [-0.05, 0) is 30.9 Å². The molecule has 0 aromatic rings. The maximum atomic E-state index is 9.71. The molecule has 0 amide bonds. The summed E-state index contributed by atoms with van der Waals surface area (Å²) in [4.78, 5) is 0. The van der Waals surface area contributed by atoms with Crippen molar-refractivity contribution < 1.29 is 14.9 Å². The first-order valence-corrected chi connectivity index (χ1v) is 4.50. The Morgan fingerprint density at radius 1 is 1.69 bits per heavy atom. The van der Waals surface area contributed by atoms with Crippen molar-refractivity contribution in [3.63, 3.8) is 0 Å². The van der Waals surface area contributed by atoms with Crippen LogP contribution in [0.4, 0.5) is 0 Å². The van der Waals surface area contributed by atoms with Crippen LogP contribution in [-0.4, -0.2) is 23.1 Å². The maximum Gasteiger partial charge on any atom is 0.206 e. The molecular weight excluding hydrogens is 168 g/mol. The van der Waals surface area contributed by atoms with Gasteiger partial charge in [-0.25, -0.2) is 0 Å². The SMILES string of the molecule is C[C@]12C(CO)=CC[C@H]1C=CO[C@H]2O. The molecule has 2 aliphatic rings. The van der Waals surface area contributed by atoms with Crippen LogP contribution in [0.15, 0.2) is 24.0 Å². The monoisotopic (exact) mass is 182 g/mol. The Bertz CT molecular complexity index is 269. The van der Waals surface area contributed by atoms with Crippen molar-refractivity contribution in [2.75, 3.05) is 6.61 Å². The second-order valence-electron chi connectivity index (χ2n) is 3.83. The van der Waals surface area contributed by atoms with Crippen molar-refractivity contribution in [2.24, 2.45) is 11.3 Å². The predicted molar refractivity (Wildman–Crippen MR) is 47.6 cm³/mol. The van der Waals surface area contributed by atoms with E-state index in [0.29, 0.717) is 0 Å². The summed E-state index contributed by atoms with van der Waals surface area (Å²) in [6.45, 7) is 1.93. The highest BCUT2D eigenvalue weighted by Gasteiger charge is 2.48. The largest absolute Gasteiger partial charge is 0.472 e. The lowest BCUT2D eigenvalue weighted by Crippen LogP contribution is -2.41. The fourth-order valence-corrected chi connectivity index (χ4v) is 2.18. The highest BCUT2D eigenvalue weighted by molar-refractivity contribution is 5.27. The van der Waals surface area contributed by atoms with E-state index in [0.717, 1.165) is 12.0 Å². The summed E-state index contributed by atoms with van der Waals surface area (Å²) < 4.78 is 5.05. The summed E-state index contributed by atoms with van der Waals surface area (Å²) in [6, 6.07) is 0. The van der Waals surface area contributed by atoms with Crippen LogP contribution in [0, 0.1) is 11.3 Å². The molecule has 3 heteroatoms. The van der Waals surface area contributed by atoms with Gasteiger partial charge in [-0.3, -0.25) is 0 Å². The van der Waals surface area contributed by atoms with Crippen LogP contribution >= 0.6 is 0 Å². The van der Waals surface area contributed by atoms with E-state index in [1.807, 2.05) is 19.1 Å². The average molecular weight is 182 g/mol. The van der Waals surface area contributed by atoms with Gasteiger partial charge in [0.05, 0.1) is 18.3 Å². The maximum absolute atomic E-state index is 9.71. The number of rotatable bonds is 1. The summed E-state index contributed by atoms with van der Waals surface area (Å²) in [5, 5.41) is 18.8. The zero-order valence-corrected chi connectivity index (χ0v) is 7.60. The molecule has 13 heavy (non-hydrogen) atoms. The molecule has 0 unspecified atom stereocenters. The summed E-state index contributed by atoms with van der Waals surface area (Å²) in [5.41, 5.74) is 0.457. The molecule has 72 valence electrons. The molecule has 0 saturated carbocycles. The minimum Gasteiger partial charge on any atom is -0.472 e. The van der Waals surface area contributed by atoms with Gasteiger partial charge in [0.1, 0.15) is 0 Å². The summed E-state index contributed by atoms with van der Waals surface area (Å²) >= 11 is 0. The van der Waals surface area contributed by atoms with Gasteiger partial charge in [0.15, 0.2) is 0 Å². The molecule has 1 aliphatic carbocycles. The van der Waals surface area contributed by atoms with Gasteiger partial charge in [0, 0.05) is 0 Å². The number of hydrogen-bond donors (Lipinski definition) is 2. The molecule has 3 atom stereocenters. The van der Waals surface area contributed by atoms with Gasteiger partial charge in [-0.15, -0.1) is 0 Å². The fourth-order valence-electron chi connectivity index (χ4n) is 2.18. The third kappa shape index (κ3) is 1.04. The molecule has 3 nitrogen and oxygen atoms in total. The molecule has 0 saturated heterocycles. The van der Waals surface area contributed by atoms with Crippen LogP contribution in [0.2, 0.25) is 0 Å². The zero-order valence-electron chi connectivity index (χ0n) is 7.60. The van der Waals surface area contributed by atoms with E-state index in [9.17, 15) is 5.11 Å². The first-order valence-electron chi connectivity index (χ1n) is 4.50. The fraction of sp³-hybridized carbons (Fsp3) is 0.600. The van der Waals surface area contributed by atoms with Gasteiger partial charge in [0.2, 0.25) is 6.29 Å². The van der Waals surface area contributed by atoms with Crippen molar-refractivity contribution >= 4 is 0 Å². The third-order valence-electron chi connectivity index (χ3n) is 3.28. The Labute approximate surface area is 77.3 Å². The topological polar surface area (TPSA) is 49.7 Å². The van der Waals surface area contributed by atoms with E-state index < -0.39 is 11.7 Å². The highest BCUT2D eigenvalue weighted by Crippen LogP contribution is 2.48. The van der Waals surface area contributed by atoms with Crippen LogP contribution < -0.4 is 0 Å². The first kappa shape index (κ1) is 8.78. The lowest BCUT2D eigenvalue weighted by atomic mass is 9.74. The van der Waals surface area contributed by atoms with Crippen LogP contribution in [0.1, 0.15) is 13.3 Å². The molecule has 0 fully saturated rings. The minimum atomic E-state index is -0.830. The van der Waals surface area contributed by atoms with Gasteiger partial charge < -0.3 is 14.9 Å². The molecule has 0 aromatic carbocycles. The Morgan fingerprint density at radius 2 is 2.46 bits per heavy atom. The Hall–Kier alpha value is -0.800. The van der Waals surface area contributed by atoms with Gasteiger partial charge in [0.25, 0.3) is 0 Å². The molecule has 0 bridgehead atoms. The highest BCUT2D eigenvalue weighted by atomic mass is 16.6. The molecular formula is C10H14O3. The van der Waals surface area contributed by atoms with E-state index in [1.54, 1.807) is 6.26 Å². The number of aliphatic hydroxyl groups is 2. The molecule has 0 aromatic heterocycles. The van der Waals surface area contributed by atoms with Crippen molar-refractivity contribution in [1.29, 1.82) is 0 Å². The summed E-state index contributed by atoms with van der Waals surface area (Å²) in [6.07, 6.45) is 5.54. The van der Waals surface area contributed by atoms with E-state index in [1.165, 1.54) is 0 Å². The van der Waals surface area contributed by atoms with Gasteiger partial charge in [-0.1, -0.05) is 6.08 Å². The molecule has 0 spiro atoms. The van der Waals surface area contributed by atoms with Crippen LogP contribution in [0.3, 0.4) is 0 Å². The van der Waals surface area contributed by atoms with Crippen molar-refractivity contribution in [3.8, 4) is 0 Å². The number of fused-ring (bicyclic) bond motifs is 1. The Balaban J connectivity index is 2.36. The van der Waals surface area contributed by atoms with Crippen molar-refractivity contribution in [2.45, 2.75) is 19.6 Å². The lowest BCUT2D eigenvalue weighted by Gasteiger charge is -2.39. The number of ether oxygens (including phenoxy) is 1. The van der Waals surface area contributed by atoms with Crippen LogP contribution in [0.5, 0.6) is 0 Å². The molecule has 1 aliphatic heterocycles. The van der Waals surface area contributed by atoms with E-state index in [4.69, 9.17) is 9.84 Å². The second kappa shape index (κ2) is 2.86. The smallest absolute Gasteiger partial charge is 0.206 e. The quantitative estimate of drug-likeness (QED) is 0.589. The average Bonchev–Trinajstić information content (AvgIpc) is 2.45. The number of allylic oxidation sites excluding steroid dienone is 2. The molecule has 2 N–H and O–H groups in total. The third-order valence-corrected chi connectivity index (χ3v) is 3.28. The summed E-state index contributed by atoms with van der Waals surface area (Å²) in [7, 11) is 0. The van der Waals surface area contributed by atoms with E-state index >= 15 is 0 Å². The Morgan fingerprint density at radius 3 is 3.15 bits per heavy atom. The Kier molecular flexibility index (Phi) is 1.93. The normalized spacial score (nSPS) is 42.5. The summed E-state index contributed by atoms with van der Waals surface area (Å²) in [5.74, 6) is 0.262. The standard InChI is InChI=1S/C10H14O3/c1-10-7(2-3-8(10)6-11)4-5-13-9(10)12/h3-5,7,9,11-12H,2,6H2,1H3/t7-,9+,10+/m0/s1. The molecule has 2 rings (SSSR count). The lowest BCUT2D eigenvalue weighted by molar-refractivity contribution is -0.143.